The molecule has 0 saturated carbocycles. The Balaban J connectivity index is 0.00000144. The second kappa shape index (κ2) is 4.99. The summed E-state index contributed by atoms with van der Waals surface area (Å²) >= 11 is 11.0. The van der Waals surface area contributed by atoms with Gasteiger partial charge >= 0.3 is 5.97 Å². The molecule has 2 N–H and O–H groups in total. The molecular formula is C7H4Cl2O3Zr. The number of hydrogen-bond acceptors (Lipinski definition) is 2. The zero-order valence-corrected chi connectivity index (χ0v) is 10.2. The summed E-state index contributed by atoms with van der Waals surface area (Å²) in [4.78, 5) is 10.4. The van der Waals surface area contributed by atoms with E-state index in [0.717, 1.165) is 6.07 Å². The number of benzene rings is 1. The molecule has 0 spiro atoms. The van der Waals surface area contributed by atoms with E-state index in [1.807, 2.05) is 0 Å². The molecule has 6 heteroatoms. The van der Waals surface area contributed by atoms with Crippen LogP contribution < -0.4 is 0 Å². The van der Waals surface area contributed by atoms with Gasteiger partial charge < -0.3 is 10.2 Å². The van der Waals surface area contributed by atoms with Crippen molar-refractivity contribution in [3.8, 4) is 5.75 Å². The number of carbonyl (C=O) groups is 1. The fourth-order valence-electron chi connectivity index (χ4n) is 0.729. The van der Waals surface area contributed by atoms with Crippen LogP contribution >= 0.6 is 23.2 Å². The fraction of sp³-hybridized carbons (Fsp3) is 0. The maximum absolute atomic E-state index is 10.4. The zero-order valence-electron chi connectivity index (χ0n) is 6.21. The maximum atomic E-state index is 10.4. The first-order chi connectivity index (χ1) is 5.52. The molecule has 0 heterocycles. The Morgan fingerprint density at radius 1 is 1.31 bits per heavy atom. The van der Waals surface area contributed by atoms with Crippen molar-refractivity contribution < 1.29 is 41.2 Å². The molecule has 0 unspecified atom stereocenters. The number of phenols is 1. The maximum Gasteiger partial charge on any atom is 0.339 e. The minimum Gasteiger partial charge on any atom is -0.505 e. The molecule has 0 aliphatic rings. The molecule has 1 aromatic carbocycles. The Morgan fingerprint density at radius 2 is 1.85 bits per heavy atom. The Kier molecular flexibility index (Phi) is 4.97. The Hall–Kier alpha value is -0.0469. The van der Waals surface area contributed by atoms with Gasteiger partial charge in [0.2, 0.25) is 0 Å². The van der Waals surface area contributed by atoms with Crippen LogP contribution in [0.25, 0.3) is 0 Å². The average Bonchev–Trinajstić information content (AvgIpc) is 1.96. The standard InChI is InChI=1S/C7H4Cl2O3.Zr/c8-3-1-4(7(11)12)6(10)5(9)2-3;/h1-2,10H,(H,11,12);. The van der Waals surface area contributed by atoms with E-state index in [4.69, 9.17) is 33.4 Å². The van der Waals surface area contributed by atoms with Crippen LogP contribution in [0.4, 0.5) is 0 Å². The molecule has 0 aliphatic heterocycles. The predicted octanol–water partition coefficient (Wildman–Crippen LogP) is 2.39. The molecule has 13 heavy (non-hydrogen) atoms. The third-order valence-electron chi connectivity index (χ3n) is 1.26. The Labute approximate surface area is 103 Å². The van der Waals surface area contributed by atoms with Gasteiger partial charge in [0.25, 0.3) is 0 Å². The summed E-state index contributed by atoms with van der Waals surface area (Å²) in [6.07, 6.45) is 0. The van der Waals surface area contributed by atoms with Crippen LogP contribution in [-0.4, -0.2) is 16.2 Å². The number of carboxylic acid groups (broad SMARTS) is 1. The average molecular weight is 298 g/mol. The molecule has 1 rings (SSSR count). The summed E-state index contributed by atoms with van der Waals surface area (Å²) in [6, 6.07) is 2.40. The van der Waals surface area contributed by atoms with Crippen molar-refractivity contribution in [1.29, 1.82) is 0 Å². The second-order valence-electron chi connectivity index (χ2n) is 2.09. The first kappa shape index (κ1) is 13.0. The topological polar surface area (TPSA) is 57.5 Å². The molecule has 68 valence electrons. The van der Waals surface area contributed by atoms with Crippen LogP contribution in [0.15, 0.2) is 12.1 Å². The van der Waals surface area contributed by atoms with Gasteiger partial charge in [0.05, 0.1) is 5.02 Å². The third kappa shape index (κ3) is 2.97. The molecule has 0 aliphatic carbocycles. The van der Waals surface area contributed by atoms with Crippen LogP contribution in [0.5, 0.6) is 5.75 Å². The fourth-order valence-corrected chi connectivity index (χ4v) is 1.22. The first-order valence-electron chi connectivity index (χ1n) is 2.93. The SMILES string of the molecule is O=C(O)c1cc(Cl)cc(Cl)c1O.[Zr]. The molecule has 0 aromatic heterocycles. The zero-order chi connectivity index (χ0) is 9.30. The van der Waals surface area contributed by atoms with Gasteiger partial charge in [0.15, 0.2) is 0 Å². The van der Waals surface area contributed by atoms with Crippen LogP contribution in [-0.2, 0) is 26.2 Å². The number of hydrogen-bond donors (Lipinski definition) is 2. The number of carboxylic acids is 1. The van der Waals surface area contributed by atoms with E-state index < -0.39 is 11.7 Å². The van der Waals surface area contributed by atoms with Crippen molar-refractivity contribution in [3.63, 3.8) is 0 Å². The second-order valence-corrected chi connectivity index (χ2v) is 2.93. The minimum atomic E-state index is -1.27. The number of halogens is 2. The molecule has 0 atom stereocenters. The van der Waals surface area contributed by atoms with Gasteiger partial charge in [0, 0.05) is 31.2 Å². The largest absolute Gasteiger partial charge is 0.505 e. The quantitative estimate of drug-likeness (QED) is 0.837. The number of aromatic hydroxyl groups is 1. The monoisotopic (exact) mass is 296 g/mol. The first-order valence-corrected chi connectivity index (χ1v) is 3.69. The molecule has 1 aromatic rings. The van der Waals surface area contributed by atoms with E-state index in [1.165, 1.54) is 6.07 Å². The minimum absolute atomic E-state index is 0. The summed E-state index contributed by atoms with van der Waals surface area (Å²) in [5.74, 6) is -1.73. The molecule has 0 amide bonds. The predicted molar refractivity (Wildman–Crippen MR) is 45.1 cm³/mol. The van der Waals surface area contributed by atoms with Gasteiger partial charge in [-0.2, -0.15) is 0 Å². The van der Waals surface area contributed by atoms with Crippen LogP contribution in [0.2, 0.25) is 10.0 Å². The van der Waals surface area contributed by atoms with Gasteiger partial charge in [-0.05, 0) is 12.1 Å². The van der Waals surface area contributed by atoms with Crippen molar-refractivity contribution in [2.75, 3.05) is 0 Å². The van der Waals surface area contributed by atoms with E-state index in [1.54, 1.807) is 0 Å². The van der Waals surface area contributed by atoms with Crippen molar-refractivity contribution in [3.05, 3.63) is 27.7 Å². The summed E-state index contributed by atoms with van der Waals surface area (Å²) in [6.45, 7) is 0. The van der Waals surface area contributed by atoms with Crippen LogP contribution in [0, 0.1) is 0 Å². The molecule has 0 radical (unpaired) electrons. The summed E-state index contributed by atoms with van der Waals surface area (Å²) in [5.41, 5.74) is -0.299. The number of aromatic carboxylic acids is 1. The van der Waals surface area contributed by atoms with Gasteiger partial charge in [-0.1, -0.05) is 23.2 Å². The molecule has 3 nitrogen and oxygen atoms in total. The van der Waals surface area contributed by atoms with Gasteiger partial charge in [-0.3, -0.25) is 0 Å². The molecule has 0 bridgehead atoms. The van der Waals surface area contributed by atoms with E-state index in [0.29, 0.717) is 0 Å². The van der Waals surface area contributed by atoms with E-state index in [2.05, 4.69) is 0 Å². The van der Waals surface area contributed by atoms with Crippen molar-refractivity contribution in [2.45, 2.75) is 0 Å². The van der Waals surface area contributed by atoms with Crippen molar-refractivity contribution in [2.24, 2.45) is 0 Å². The summed E-state index contributed by atoms with van der Waals surface area (Å²) in [7, 11) is 0. The molecular weight excluding hydrogens is 294 g/mol. The molecule has 0 saturated heterocycles. The van der Waals surface area contributed by atoms with E-state index >= 15 is 0 Å². The van der Waals surface area contributed by atoms with E-state index in [9.17, 15) is 4.79 Å². The van der Waals surface area contributed by atoms with Gasteiger partial charge in [-0.15, -0.1) is 0 Å². The number of rotatable bonds is 1. The van der Waals surface area contributed by atoms with Crippen molar-refractivity contribution in [1.82, 2.24) is 0 Å². The Morgan fingerprint density at radius 3 is 2.31 bits per heavy atom. The van der Waals surface area contributed by atoms with E-state index in [-0.39, 0.29) is 41.8 Å². The summed E-state index contributed by atoms with van der Waals surface area (Å²) < 4.78 is 0. The molecule has 0 fully saturated rings. The van der Waals surface area contributed by atoms with Gasteiger partial charge in [-0.25, -0.2) is 4.79 Å². The van der Waals surface area contributed by atoms with Crippen LogP contribution in [0.1, 0.15) is 10.4 Å². The van der Waals surface area contributed by atoms with Crippen LogP contribution in [0.3, 0.4) is 0 Å². The summed E-state index contributed by atoms with van der Waals surface area (Å²) in [5, 5.41) is 17.8. The van der Waals surface area contributed by atoms with Gasteiger partial charge in [0.1, 0.15) is 11.3 Å². The normalized spacial score (nSPS) is 9.08. The third-order valence-corrected chi connectivity index (χ3v) is 1.76. The smallest absolute Gasteiger partial charge is 0.339 e. The Bertz CT molecular complexity index is 341. The van der Waals surface area contributed by atoms with Crippen molar-refractivity contribution >= 4 is 29.2 Å².